The minimum atomic E-state index is -0.251. The molecule has 45 heavy (non-hydrogen) atoms. The van der Waals surface area contributed by atoms with Gasteiger partial charge in [0, 0.05) is 25.6 Å². The predicted molar refractivity (Wildman–Crippen MR) is 186 cm³/mol. The molecule has 0 spiro atoms. The van der Waals surface area contributed by atoms with Gasteiger partial charge in [-0.1, -0.05) is 133 Å². The van der Waals surface area contributed by atoms with Crippen LogP contribution in [0.4, 0.5) is 0 Å². The van der Waals surface area contributed by atoms with E-state index in [9.17, 15) is 4.79 Å². The van der Waals surface area contributed by atoms with Gasteiger partial charge in [0.15, 0.2) is 0 Å². The van der Waals surface area contributed by atoms with Gasteiger partial charge in [0.2, 0.25) is 0 Å². The van der Waals surface area contributed by atoms with Crippen LogP contribution in [0.25, 0.3) is 0 Å². The van der Waals surface area contributed by atoms with Crippen LogP contribution in [0.2, 0.25) is 0 Å². The van der Waals surface area contributed by atoms with E-state index in [1.54, 1.807) is 0 Å². The predicted octanol–water partition coefficient (Wildman–Crippen LogP) is 9.10. The van der Waals surface area contributed by atoms with Gasteiger partial charge in [-0.2, -0.15) is 0 Å². The van der Waals surface area contributed by atoms with E-state index < -0.39 is 0 Å². The standard InChI is InChI=1S/C41H51NO3/c1-40(2,3)35-24-32(25-36(28-35)41(4,5)6)29-42(22-15-23-45-37-21-14-16-31(26-37)27-39(43)44-7)30-38(33-17-10-8-11-18-33)34-19-12-9-13-20-34/h8-14,16-21,24-26,28,38H,15,22-23,27,29-30H2,1-7H3. The summed E-state index contributed by atoms with van der Waals surface area (Å²) in [5, 5.41) is 0. The van der Waals surface area contributed by atoms with Crippen molar-refractivity contribution in [1.29, 1.82) is 0 Å². The van der Waals surface area contributed by atoms with E-state index in [4.69, 9.17) is 9.47 Å². The molecule has 0 N–H and O–H groups in total. The number of ether oxygens (including phenoxy) is 2. The second-order valence-corrected chi connectivity index (χ2v) is 14.1. The summed E-state index contributed by atoms with van der Waals surface area (Å²) in [4.78, 5) is 14.3. The highest BCUT2D eigenvalue weighted by atomic mass is 16.5. The first-order chi connectivity index (χ1) is 21.4. The molecule has 0 atom stereocenters. The van der Waals surface area contributed by atoms with Crippen molar-refractivity contribution in [3.63, 3.8) is 0 Å². The molecule has 0 heterocycles. The first-order valence-corrected chi connectivity index (χ1v) is 16.2. The van der Waals surface area contributed by atoms with E-state index in [1.165, 1.54) is 34.9 Å². The maximum absolute atomic E-state index is 11.8. The van der Waals surface area contributed by atoms with E-state index in [1.807, 2.05) is 24.3 Å². The Bertz CT molecular complexity index is 1430. The molecule has 0 saturated heterocycles. The van der Waals surface area contributed by atoms with Crippen molar-refractivity contribution >= 4 is 5.97 Å². The zero-order valence-electron chi connectivity index (χ0n) is 28.3. The average molecular weight is 606 g/mol. The smallest absolute Gasteiger partial charge is 0.309 e. The number of methoxy groups -OCH3 is 1. The molecule has 0 aromatic heterocycles. The third-order valence-electron chi connectivity index (χ3n) is 8.34. The van der Waals surface area contributed by atoms with Gasteiger partial charge in [-0.05, 0) is 62.8 Å². The van der Waals surface area contributed by atoms with Crippen LogP contribution in [-0.2, 0) is 33.3 Å². The van der Waals surface area contributed by atoms with Gasteiger partial charge in [-0.3, -0.25) is 9.69 Å². The van der Waals surface area contributed by atoms with Crippen molar-refractivity contribution in [2.24, 2.45) is 0 Å². The van der Waals surface area contributed by atoms with Crippen LogP contribution in [0.5, 0.6) is 5.75 Å². The van der Waals surface area contributed by atoms with Gasteiger partial charge < -0.3 is 9.47 Å². The van der Waals surface area contributed by atoms with Crippen LogP contribution in [0.3, 0.4) is 0 Å². The highest BCUT2D eigenvalue weighted by Crippen LogP contribution is 2.32. The summed E-state index contributed by atoms with van der Waals surface area (Å²) in [6, 6.07) is 36.7. The van der Waals surface area contributed by atoms with Crippen molar-refractivity contribution in [1.82, 2.24) is 4.90 Å². The average Bonchev–Trinajstić information content (AvgIpc) is 3.01. The Morgan fingerprint density at radius 1 is 0.711 bits per heavy atom. The molecule has 4 nitrogen and oxygen atoms in total. The Morgan fingerprint density at radius 2 is 1.29 bits per heavy atom. The van der Waals surface area contributed by atoms with Crippen LogP contribution in [0.15, 0.2) is 103 Å². The van der Waals surface area contributed by atoms with Crippen molar-refractivity contribution in [2.75, 3.05) is 26.8 Å². The molecule has 4 aromatic carbocycles. The van der Waals surface area contributed by atoms with Crippen LogP contribution < -0.4 is 4.74 Å². The van der Waals surface area contributed by atoms with Gasteiger partial charge >= 0.3 is 5.97 Å². The van der Waals surface area contributed by atoms with Crippen LogP contribution in [0.1, 0.15) is 87.3 Å². The number of benzene rings is 4. The molecule has 0 aliphatic heterocycles. The Hall–Kier alpha value is -3.89. The van der Waals surface area contributed by atoms with Crippen molar-refractivity contribution in [3.8, 4) is 5.75 Å². The van der Waals surface area contributed by atoms with Crippen molar-refractivity contribution < 1.29 is 14.3 Å². The van der Waals surface area contributed by atoms with E-state index in [2.05, 4.69) is 125 Å². The third kappa shape index (κ3) is 10.3. The van der Waals surface area contributed by atoms with Crippen molar-refractivity contribution in [2.45, 2.75) is 77.7 Å². The summed E-state index contributed by atoms with van der Waals surface area (Å²) in [5.41, 5.74) is 7.77. The van der Waals surface area contributed by atoms with Crippen LogP contribution in [0, 0.1) is 0 Å². The molecular weight excluding hydrogens is 554 g/mol. The van der Waals surface area contributed by atoms with Gasteiger partial charge in [0.25, 0.3) is 0 Å². The number of nitrogens with zero attached hydrogens (tertiary/aromatic N) is 1. The molecular formula is C41H51NO3. The van der Waals surface area contributed by atoms with Gasteiger partial charge in [0.1, 0.15) is 5.75 Å². The molecule has 0 aliphatic rings. The second-order valence-electron chi connectivity index (χ2n) is 14.1. The number of rotatable bonds is 13. The minimum absolute atomic E-state index is 0.0632. The normalized spacial score (nSPS) is 12.0. The van der Waals surface area contributed by atoms with Crippen LogP contribution >= 0.6 is 0 Å². The molecule has 0 unspecified atom stereocenters. The molecule has 0 bridgehead atoms. The van der Waals surface area contributed by atoms with Crippen molar-refractivity contribution in [3.05, 3.63) is 137 Å². The Morgan fingerprint density at radius 3 is 1.82 bits per heavy atom. The highest BCUT2D eigenvalue weighted by Gasteiger charge is 2.23. The van der Waals surface area contributed by atoms with Gasteiger partial charge in [-0.25, -0.2) is 0 Å². The molecule has 0 saturated carbocycles. The SMILES string of the molecule is COC(=O)Cc1cccc(OCCCN(Cc2cc(C(C)(C)C)cc(C(C)(C)C)c2)CC(c2ccccc2)c2ccccc2)c1. The fourth-order valence-corrected chi connectivity index (χ4v) is 5.64. The fraction of sp³-hybridized carbons (Fsp3) is 0.390. The Labute approximate surface area is 271 Å². The third-order valence-corrected chi connectivity index (χ3v) is 8.34. The summed E-state index contributed by atoms with van der Waals surface area (Å²) in [6.07, 6.45) is 1.12. The Kier molecular flexibility index (Phi) is 11.6. The number of carbonyl (C=O) groups is 1. The first kappa shape index (κ1) is 34.0. The monoisotopic (exact) mass is 605 g/mol. The van der Waals surface area contributed by atoms with E-state index in [0.717, 1.165) is 37.4 Å². The topological polar surface area (TPSA) is 38.8 Å². The molecule has 4 heteroatoms. The summed E-state index contributed by atoms with van der Waals surface area (Å²) in [6.45, 7) is 17.0. The number of esters is 1. The zero-order valence-corrected chi connectivity index (χ0v) is 28.3. The van der Waals surface area contributed by atoms with E-state index in [-0.39, 0.29) is 29.1 Å². The zero-order chi connectivity index (χ0) is 32.5. The van der Waals surface area contributed by atoms with E-state index >= 15 is 0 Å². The largest absolute Gasteiger partial charge is 0.494 e. The molecule has 0 aliphatic carbocycles. The maximum atomic E-state index is 11.8. The lowest BCUT2D eigenvalue weighted by Gasteiger charge is -2.31. The maximum Gasteiger partial charge on any atom is 0.309 e. The molecule has 0 amide bonds. The summed E-state index contributed by atoms with van der Waals surface area (Å²) in [5.74, 6) is 0.776. The molecule has 4 aromatic rings. The van der Waals surface area contributed by atoms with Gasteiger partial charge in [-0.15, -0.1) is 0 Å². The van der Waals surface area contributed by atoms with Crippen LogP contribution in [-0.4, -0.2) is 37.7 Å². The molecule has 0 radical (unpaired) electrons. The lowest BCUT2D eigenvalue weighted by molar-refractivity contribution is -0.139. The number of hydrogen-bond acceptors (Lipinski definition) is 4. The summed E-state index contributed by atoms with van der Waals surface area (Å²) >= 11 is 0. The first-order valence-electron chi connectivity index (χ1n) is 16.2. The molecule has 238 valence electrons. The number of carbonyl (C=O) groups excluding carboxylic acids is 1. The summed E-state index contributed by atoms with van der Waals surface area (Å²) < 4.78 is 11.0. The molecule has 4 rings (SSSR count). The lowest BCUT2D eigenvalue weighted by Crippen LogP contribution is -2.31. The highest BCUT2D eigenvalue weighted by molar-refractivity contribution is 5.72. The quantitative estimate of drug-likeness (QED) is 0.113. The van der Waals surface area contributed by atoms with E-state index in [0.29, 0.717) is 6.61 Å². The summed E-state index contributed by atoms with van der Waals surface area (Å²) in [7, 11) is 1.41. The molecule has 0 fully saturated rings. The minimum Gasteiger partial charge on any atom is -0.494 e. The van der Waals surface area contributed by atoms with Gasteiger partial charge in [0.05, 0.1) is 20.1 Å². The fourth-order valence-electron chi connectivity index (χ4n) is 5.64. The Balaban J connectivity index is 1.59. The number of hydrogen-bond donors (Lipinski definition) is 0. The second kappa shape index (κ2) is 15.4. The lowest BCUT2D eigenvalue weighted by atomic mass is 9.79.